The maximum atomic E-state index is 13.6. The zero-order chi connectivity index (χ0) is 14.0. The van der Waals surface area contributed by atoms with Gasteiger partial charge in [-0.15, -0.1) is 0 Å². The molecule has 2 N–H and O–H groups in total. The molecule has 1 amide bonds. The number of hydrogen-bond acceptors (Lipinski definition) is 2. The van der Waals surface area contributed by atoms with E-state index in [1.54, 1.807) is 6.07 Å². The van der Waals surface area contributed by atoms with Crippen LogP contribution in [0.15, 0.2) is 40.9 Å². The molecule has 0 aliphatic heterocycles. The highest BCUT2D eigenvalue weighted by Gasteiger charge is 2.13. The van der Waals surface area contributed by atoms with Gasteiger partial charge in [-0.2, -0.15) is 0 Å². The van der Waals surface area contributed by atoms with Crippen molar-refractivity contribution in [1.29, 1.82) is 0 Å². The first kappa shape index (κ1) is 13.8. The number of aromatic hydroxyl groups is 1. The van der Waals surface area contributed by atoms with Crippen molar-refractivity contribution in [2.45, 2.75) is 0 Å². The third kappa shape index (κ3) is 3.24. The average molecular weight is 345 g/mol. The Morgan fingerprint density at radius 1 is 1.26 bits per heavy atom. The van der Waals surface area contributed by atoms with Crippen LogP contribution in [0.2, 0.25) is 5.02 Å². The molecule has 0 heterocycles. The average Bonchev–Trinajstić information content (AvgIpc) is 2.32. The largest absolute Gasteiger partial charge is 0.507 e. The van der Waals surface area contributed by atoms with E-state index >= 15 is 0 Å². The second-order valence-electron chi connectivity index (χ2n) is 3.74. The molecular formula is C13H8BrClFNO2. The van der Waals surface area contributed by atoms with Gasteiger partial charge in [-0.05, 0) is 36.4 Å². The van der Waals surface area contributed by atoms with Crippen molar-refractivity contribution in [3.05, 3.63) is 57.3 Å². The fourth-order valence-corrected chi connectivity index (χ4v) is 1.98. The lowest BCUT2D eigenvalue weighted by molar-refractivity contribution is 0.102. The van der Waals surface area contributed by atoms with E-state index in [0.29, 0.717) is 9.50 Å². The number of rotatable bonds is 2. The number of carbonyl (C=O) groups excluding carboxylic acids is 1. The predicted molar refractivity (Wildman–Crippen MR) is 75.2 cm³/mol. The molecule has 0 radical (unpaired) electrons. The van der Waals surface area contributed by atoms with Gasteiger partial charge in [-0.3, -0.25) is 4.79 Å². The Balaban J connectivity index is 2.25. The van der Waals surface area contributed by atoms with Crippen LogP contribution in [0.25, 0.3) is 0 Å². The Morgan fingerprint density at radius 2 is 2.00 bits per heavy atom. The Hall–Kier alpha value is -1.59. The van der Waals surface area contributed by atoms with Crippen LogP contribution in [0, 0.1) is 5.82 Å². The summed E-state index contributed by atoms with van der Waals surface area (Å²) >= 11 is 8.79. The lowest BCUT2D eigenvalue weighted by Crippen LogP contribution is -2.13. The Bertz CT molecular complexity index is 649. The molecule has 0 atom stereocenters. The van der Waals surface area contributed by atoms with E-state index in [1.165, 1.54) is 30.3 Å². The summed E-state index contributed by atoms with van der Waals surface area (Å²) in [7, 11) is 0. The van der Waals surface area contributed by atoms with E-state index in [9.17, 15) is 14.3 Å². The summed E-state index contributed by atoms with van der Waals surface area (Å²) in [6.45, 7) is 0. The van der Waals surface area contributed by atoms with Crippen LogP contribution >= 0.6 is 27.5 Å². The van der Waals surface area contributed by atoms with Crippen molar-refractivity contribution in [2.75, 3.05) is 5.32 Å². The van der Waals surface area contributed by atoms with E-state index in [-0.39, 0.29) is 17.0 Å². The molecule has 3 nitrogen and oxygen atoms in total. The normalized spacial score (nSPS) is 10.3. The van der Waals surface area contributed by atoms with Crippen LogP contribution in [-0.2, 0) is 0 Å². The fraction of sp³-hybridized carbons (Fsp3) is 0. The summed E-state index contributed by atoms with van der Waals surface area (Å²) in [6.07, 6.45) is 0. The fourth-order valence-electron chi connectivity index (χ4n) is 1.48. The van der Waals surface area contributed by atoms with Gasteiger partial charge in [0.25, 0.3) is 5.91 Å². The molecule has 19 heavy (non-hydrogen) atoms. The van der Waals surface area contributed by atoms with Gasteiger partial charge in [-0.25, -0.2) is 4.39 Å². The van der Waals surface area contributed by atoms with Gasteiger partial charge < -0.3 is 10.4 Å². The first-order chi connectivity index (χ1) is 8.97. The number of amides is 1. The van der Waals surface area contributed by atoms with Gasteiger partial charge >= 0.3 is 0 Å². The van der Waals surface area contributed by atoms with E-state index in [4.69, 9.17) is 11.6 Å². The topological polar surface area (TPSA) is 49.3 Å². The summed E-state index contributed by atoms with van der Waals surface area (Å²) < 4.78 is 14.1. The number of hydrogen-bond donors (Lipinski definition) is 2. The maximum Gasteiger partial charge on any atom is 0.259 e. The van der Waals surface area contributed by atoms with Gasteiger partial charge in [0.2, 0.25) is 0 Å². The zero-order valence-electron chi connectivity index (χ0n) is 9.45. The second-order valence-corrected chi connectivity index (χ2v) is 5.09. The molecule has 0 aliphatic carbocycles. The molecule has 0 spiro atoms. The van der Waals surface area contributed by atoms with Crippen molar-refractivity contribution in [2.24, 2.45) is 0 Å². The zero-order valence-corrected chi connectivity index (χ0v) is 11.8. The van der Waals surface area contributed by atoms with Gasteiger partial charge in [0.15, 0.2) is 0 Å². The molecule has 2 aromatic rings. The number of anilines is 1. The third-order valence-electron chi connectivity index (χ3n) is 2.38. The summed E-state index contributed by atoms with van der Waals surface area (Å²) in [5, 5.41) is 12.3. The summed E-state index contributed by atoms with van der Waals surface area (Å²) in [5.74, 6) is -1.45. The molecule has 0 aliphatic rings. The van der Waals surface area contributed by atoms with Crippen molar-refractivity contribution in [3.63, 3.8) is 0 Å². The number of carbonyl (C=O) groups is 1. The first-order valence-corrected chi connectivity index (χ1v) is 6.39. The van der Waals surface area contributed by atoms with Crippen LogP contribution in [0.5, 0.6) is 5.75 Å². The summed E-state index contributed by atoms with van der Waals surface area (Å²) in [6, 6.07) is 8.33. The Labute approximate surface area is 122 Å². The lowest BCUT2D eigenvalue weighted by atomic mass is 10.2. The van der Waals surface area contributed by atoms with E-state index in [1.807, 2.05) is 0 Å². The Kier molecular flexibility index (Phi) is 4.07. The van der Waals surface area contributed by atoms with Crippen LogP contribution in [0.1, 0.15) is 10.4 Å². The van der Waals surface area contributed by atoms with Crippen LogP contribution in [0.4, 0.5) is 10.1 Å². The highest BCUT2D eigenvalue weighted by Crippen LogP contribution is 2.24. The van der Waals surface area contributed by atoms with E-state index in [0.717, 1.165) is 0 Å². The summed E-state index contributed by atoms with van der Waals surface area (Å²) in [5.41, 5.74) is 0.0502. The second kappa shape index (κ2) is 5.59. The predicted octanol–water partition coefficient (Wildman–Crippen LogP) is 4.20. The molecular weight excluding hydrogens is 337 g/mol. The van der Waals surface area contributed by atoms with Crippen molar-refractivity contribution >= 4 is 39.1 Å². The minimum Gasteiger partial charge on any atom is -0.507 e. The number of nitrogens with one attached hydrogen (secondary N) is 1. The van der Waals surface area contributed by atoms with Gasteiger partial charge in [0.1, 0.15) is 11.6 Å². The molecule has 6 heteroatoms. The van der Waals surface area contributed by atoms with Crippen LogP contribution in [0.3, 0.4) is 0 Å². The maximum absolute atomic E-state index is 13.6. The van der Waals surface area contributed by atoms with Gasteiger partial charge in [0, 0.05) is 9.50 Å². The standard InChI is InChI=1S/C13H8BrClFNO2/c14-7-1-4-11(10(16)5-7)17-13(19)9-3-2-8(15)6-12(9)18/h1-6,18H,(H,17,19). The SMILES string of the molecule is O=C(Nc1ccc(Br)cc1F)c1ccc(Cl)cc1O. The molecule has 0 bridgehead atoms. The molecule has 2 rings (SSSR count). The monoisotopic (exact) mass is 343 g/mol. The Morgan fingerprint density at radius 3 is 2.63 bits per heavy atom. The van der Waals surface area contributed by atoms with E-state index in [2.05, 4.69) is 21.2 Å². The molecule has 0 saturated carbocycles. The summed E-state index contributed by atoms with van der Waals surface area (Å²) in [4.78, 5) is 11.9. The number of phenolic OH excluding ortho intramolecular Hbond substituents is 1. The molecule has 2 aromatic carbocycles. The highest BCUT2D eigenvalue weighted by molar-refractivity contribution is 9.10. The molecule has 98 valence electrons. The minimum atomic E-state index is -0.615. The van der Waals surface area contributed by atoms with Crippen LogP contribution < -0.4 is 5.32 Å². The number of benzene rings is 2. The number of halogens is 3. The van der Waals surface area contributed by atoms with Crippen molar-refractivity contribution < 1.29 is 14.3 Å². The van der Waals surface area contributed by atoms with E-state index < -0.39 is 11.7 Å². The molecule has 0 aromatic heterocycles. The quantitative estimate of drug-likeness (QED) is 0.858. The van der Waals surface area contributed by atoms with Gasteiger partial charge in [0.05, 0.1) is 11.3 Å². The molecule has 0 saturated heterocycles. The smallest absolute Gasteiger partial charge is 0.259 e. The third-order valence-corrected chi connectivity index (χ3v) is 3.11. The number of phenols is 1. The molecule has 0 unspecified atom stereocenters. The van der Waals surface area contributed by atoms with Crippen molar-refractivity contribution in [1.82, 2.24) is 0 Å². The lowest BCUT2D eigenvalue weighted by Gasteiger charge is -2.08. The van der Waals surface area contributed by atoms with Crippen LogP contribution in [-0.4, -0.2) is 11.0 Å². The minimum absolute atomic E-state index is 0.0201. The van der Waals surface area contributed by atoms with Gasteiger partial charge in [-0.1, -0.05) is 27.5 Å². The van der Waals surface area contributed by atoms with Crippen molar-refractivity contribution in [3.8, 4) is 5.75 Å². The molecule has 0 fully saturated rings. The first-order valence-electron chi connectivity index (χ1n) is 5.22. The highest BCUT2D eigenvalue weighted by atomic mass is 79.9.